The van der Waals surface area contributed by atoms with Crippen LogP contribution in [0.3, 0.4) is 0 Å². The molecule has 0 aliphatic rings. The van der Waals surface area contributed by atoms with Crippen molar-refractivity contribution in [1.82, 2.24) is 0 Å². The van der Waals surface area contributed by atoms with E-state index in [1.807, 2.05) is 30.3 Å². The Hall–Kier alpha value is -1.85. The lowest BCUT2D eigenvalue weighted by Crippen LogP contribution is -2.15. The molecule has 0 heterocycles. The van der Waals surface area contributed by atoms with Crippen molar-refractivity contribution in [3.05, 3.63) is 43.0 Å². The third-order valence-corrected chi connectivity index (χ3v) is 2.04. The van der Waals surface area contributed by atoms with Crippen LogP contribution in [0.4, 0.5) is 0 Å². The fourth-order valence-corrected chi connectivity index (χ4v) is 1.00. The zero-order valence-electron chi connectivity index (χ0n) is 11.0. The van der Waals surface area contributed by atoms with E-state index in [1.54, 1.807) is 0 Å². The molecule has 1 aromatic carbocycles. The summed E-state index contributed by atoms with van der Waals surface area (Å²) in [5.41, 5.74) is 0. The van der Waals surface area contributed by atoms with Crippen molar-refractivity contribution in [2.75, 3.05) is 20.3 Å². The summed E-state index contributed by atoms with van der Waals surface area (Å²) in [5.74, 6) is 0.391. The molecular weight excluding hydrogens is 248 g/mol. The molecule has 0 aromatic heterocycles. The summed E-state index contributed by atoms with van der Waals surface area (Å²) < 4.78 is 9.45. The highest BCUT2D eigenvalue weighted by molar-refractivity contribution is 5.80. The number of aliphatic hydroxyl groups excluding tert-OH is 2. The summed E-state index contributed by atoms with van der Waals surface area (Å²) in [5, 5.41) is 17.5. The van der Waals surface area contributed by atoms with E-state index in [9.17, 15) is 4.79 Å². The molecule has 0 aliphatic carbocycles. The van der Waals surface area contributed by atoms with Crippen molar-refractivity contribution in [3.63, 3.8) is 0 Å². The summed E-state index contributed by atoms with van der Waals surface area (Å²) in [6.07, 6.45) is 0.884. The Labute approximate surface area is 113 Å². The molecule has 0 saturated heterocycles. The van der Waals surface area contributed by atoms with E-state index in [4.69, 9.17) is 14.9 Å². The largest absolute Gasteiger partial charge is 0.493 e. The highest BCUT2D eigenvalue weighted by atomic mass is 16.5. The van der Waals surface area contributed by atoms with Gasteiger partial charge in [-0.25, -0.2) is 4.79 Å². The number of hydrogen-bond donors (Lipinski definition) is 2. The van der Waals surface area contributed by atoms with E-state index in [2.05, 4.69) is 11.3 Å². The minimum atomic E-state index is -0.677. The minimum Gasteiger partial charge on any atom is -0.493 e. The Kier molecular flexibility index (Phi) is 10.2. The van der Waals surface area contributed by atoms with E-state index in [0.717, 1.165) is 11.8 Å². The van der Waals surface area contributed by atoms with Crippen LogP contribution in [-0.4, -0.2) is 42.6 Å². The van der Waals surface area contributed by atoms with E-state index in [-0.39, 0.29) is 6.61 Å². The summed E-state index contributed by atoms with van der Waals surface area (Å²) in [6.45, 7) is 3.37. The van der Waals surface area contributed by atoms with Crippen LogP contribution in [0.5, 0.6) is 5.75 Å². The monoisotopic (exact) mass is 268 g/mol. The van der Waals surface area contributed by atoms with Crippen molar-refractivity contribution in [1.29, 1.82) is 0 Å². The van der Waals surface area contributed by atoms with E-state index < -0.39 is 12.1 Å². The van der Waals surface area contributed by atoms with Gasteiger partial charge in [-0.15, -0.1) is 0 Å². The van der Waals surface area contributed by atoms with Crippen LogP contribution in [0.1, 0.15) is 6.42 Å². The zero-order chi connectivity index (χ0) is 14.5. The average molecular weight is 268 g/mol. The normalized spacial score (nSPS) is 10.7. The number of hydrogen-bond acceptors (Lipinski definition) is 5. The Morgan fingerprint density at radius 2 is 2.05 bits per heavy atom. The maximum Gasteiger partial charge on any atom is 0.329 e. The molecule has 5 heteroatoms. The maximum atomic E-state index is 9.84. The van der Waals surface area contributed by atoms with Crippen LogP contribution in [0.15, 0.2) is 43.0 Å². The molecule has 0 bridgehead atoms. The number of rotatable bonds is 6. The van der Waals surface area contributed by atoms with Gasteiger partial charge in [-0.3, -0.25) is 0 Å². The molecule has 0 spiro atoms. The van der Waals surface area contributed by atoms with Crippen LogP contribution in [0.25, 0.3) is 0 Å². The lowest BCUT2D eigenvalue weighted by Gasteiger charge is -2.08. The van der Waals surface area contributed by atoms with Crippen LogP contribution >= 0.6 is 0 Å². The number of benzene rings is 1. The molecule has 0 fully saturated rings. The first kappa shape index (κ1) is 17.2. The van der Waals surface area contributed by atoms with Crippen molar-refractivity contribution in [3.8, 4) is 5.75 Å². The van der Waals surface area contributed by atoms with Crippen LogP contribution in [-0.2, 0) is 9.53 Å². The van der Waals surface area contributed by atoms with Gasteiger partial charge in [0.15, 0.2) is 0 Å². The van der Waals surface area contributed by atoms with Gasteiger partial charge in [0.25, 0.3) is 0 Å². The summed E-state index contributed by atoms with van der Waals surface area (Å²) >= 11 is 0. The van der Waals surface area contributed by atoms with E-state index in [0.29, 0.717) is 13.0 Å². The topological polar surface area (TPSA) is 76.0 Å². The Morgan fingerprint density at radius 3 is 2.47 bits per heavy atom. The molecule has 1 unspecified atom stereocenters. The predicted octanol–water partition coefficient (Wildman–Crippen LogP) is 1.15. The van der Waals surface area contributed by atoms with E-state index >= 15 is 0 Å². The molecule has 0 saturated carbocycles. The van der Waals surface area contributed by atoms with Crippen LogP contribution in [0.2, 0.25) is 0 Å². The van der Waals surface area contributed by atoms with Gasteiger partial charge in [-0.2, -0.15) is 0 Å². The number of carbonyl (C=O) groups is 1. The van der Waals surface area contributed by atoms with Crippen LogP contribution < -0.4 is 4.74 Å². The molecule has 1 aromatic rings. The predicted molar refractivity (Wildman–Crippen MR) is 71.9 cm³/mol. The van der Waals surface area contributed by atoms with Crippen molar-refractivity contribution >= 4 is 5.97 Å². The third kappa shape index (κ3) is 9.82. The number of ether oxygens (including phenoxy) is 2. The van der Waals surface area contributed by atoms with Gasteiger partial charge in [0.05, 0.1) is 26.4 Å². The smallest absolute Gasteiger partial charge is 0.329 e. The third-order valence-electron chi connectivity index (χ3n) is 2.04. The molecule has 1 rings (SSSR count). The van der Waals surface area contributed by atoms with Gasteiger partial charge in [-0.05, 0) is 12.1 Å². The Bertz CT molecular complexity index is 350. The second-order valence-corrected chi connectivity index (χ2v) is 3.51. The quantitative estimate of drug-likeness (QED) is 0.598. The van der Waals surface area contributed by atoms with Crippen molar-refractivity contribution in [2.24, 2.45) is 0 Å². The molecule has 5 nitrogen and oxygen atoms in total. The minimum absolute atomic E-state index is 0.210. The van der Waals surface area contributed by atoms with Gasteiger partial charge in [-0.1, -0.05) is 24.8 Å². The SMILES string of the molecule is C=CC(=O)OC.OCC(O)CCOc1ccccc1. The van der Waals surface area contributed by atoms with Gasteiger partial charge >= 0.3 is 5.97 Å². The van der Waals surface area contributed by atoms with Gasteiger partial charge in [0.1, 0.15) is 5.75 Å². The molecule has 0 amide bonds. The Morgan fingerprint density at radius 1 is 1.42 bits per heavy atom. The lowest BCUT2D eigenvalue weighted by atomic mass is 10.3. The lowest BCUT2D eigenvalue weighted by molar-refractivity contribution is -0.134. The molecule has 106 valence electrons. The number of para-hydroxylation sites is 1. The fourth-order valence-electron chi connectivity index (χ4n) is 1.00. The number of methoxy groups -OCH3 is 1. The first-order valence-corrected chi connectivity index (χ1v) is 5.81. The first-order chi connectivity index (χ1) is 9.13. The molecule has 0 aliphatic heterocycles. The molecule has 0 radical (unpaired) electrons. The number of carbonyl (C=O) groups excluding carboxylic acids is 1. The molecule has 19 heavy (non-hydrogen) atoms. The van der Waals surface area contributed by atoms with Gasteiger partial charge in [0.2, 0.25) is 0 Å². The highest BCUT2D eigenvalue weighted by Crippen LogP contribution is 2.08. The summed E-state index contributed by atoms with van der Waals surface area (Å²) in [7, 11) is 1.31. The van der Waals surface area contributed by atoms with Gasteiger partial charge < -0.3 is 19.7 Å². The average Bonchev–Trinajstić information content (AvgIpc) is 2.48. The second kappa shape index (κ2) is 11.3. The highest BCUT2D eigenvalue weighted by Gasteiger charge is 2.01. The Balaban J connectivity index is 0.000000459. The summed E-state index contributed by atoms with van der Waals surface area (Å²) in [6, 6.07) is 9.39. The van der Waals surface area contributed by atoms with Crippen LogP contribution in [0, 0.1) is 0 Å². The molecule has 2 N–H and O–H groups in total. The zero-order valence-corrected chi connectivity index (χ0v) is 11.0. The molecular formula is C14H20O5. The summed E-state index contributed by atoms with van der Waals surface area (Å²) in [4.78, 5) is 9.84. The molecule has 1 atom stereocenters. The maximum absolute atomic E-state index is 9.84. The van der Waals surface area contributed by atoms with Crippen molar-refractivity contribution in [2.45, 2.75) is 12.5 Å². The van der Waals surface area contributed by atoms with E-state index in [1.165, 1.54) is 7.11 Å². The fraction of sp³-hybridized carbons (Fsp3) is 0.357. The second-order valence-electron chi connectivity index (χ2n) is 3.51. The van der Waals surface area contributed by atoms with Gasteiger partial charge in [0, 0.05) is 12.5 Å². The van der Waals surface area contributed by atoms with Crippen molar-refractivity contribution < 1.29 is 24.5 Å². The number of aliphatic hydroxyl groups is 2. The standard InChI is InChI=1S/C10H14O3.C4H6O2/c11-8-9(12)6-7-13-10-4-2-1-3-5-10;1-3-4(5)6-2/h1-5,9,11-12H,6-8H2;3H,1H2,2H3. The number of esters is 1. The first-order valence-electron chi connectivity index (χ1n) is 5.81.